The van der Waals surface area contributed by atoms with Gasteiger partial charge in [0.25, 0.3) is 0 Å². The second kappa shape index (κ2) is 9.45. The topological polar surface area (TPSA) is 99.9 Å². The van der Waals surface area contributed by atoms with Crippen molar-refractivity contribution >= 4 is 30.2 Å². The molecule has 0 aliphatic rings. The number of carbonyl (C=O) groups is 2. The number of hydrogen-bond donors (Lipinski definition) is 1. The van der Waals surface area contributed by atoms with Gasteiger partial charge in [-0.05, 0) is 18.2 Å². The van der Waals surface area contributed by atoms with Gasteiger partial charge in [-0.1, -0.05) is 0 Å². The summed E-state index contributed by atoms with van der Waals surface area (Å²) in [6.45, 7) is 1.32. The number of anilines is 1. The minimum absolute atomic E-state index is 0. The molecule has 1 amide bonds. The summed E-state index contributed by atoms with van der Waals surface area (Å²) < 4.78 is 1.42. The molecule has 1 aromatic heterocycles. The van der Waals surface area contributed by atoms with Crippen LogP contribution in [0, 0.1) is 0 Å². The fourth-order valence-electron chi connectivity index (χ4n) is 1.55. The van der Waals surface area contributed by atoms with Gasteiger partial charge in [-0.15, -0.1) is 5.10 Å². The summed E-state index contributed by atoms with van der Waals surface area (Å²) in [5.41, 5.74) is 0.678. The van der Waals surface area contributed by atoms with Crippen molar-refractivity contribution in [2.24, 2.45) is 0 Å². The largest absolute Gasteiger partial charge is 1.00 e. The van der Waals surface area contributed by atoms with Crippen molar-refractivity contribution < 1.29 is 106 Å². The summed E-state index contributed by atoms with van der Waals surface area (Å²) in [7, 11) is 0. The molecule has 7 nitrogen and oxygen atoms in total. The zero-order valence-electron chi connectivity index (χ0n) is 11.1. The minimum Gasteiger partial charge on any atom is -0.740 e. The number of nitrogens with one attached hydrogen (secondary N) is 1. The molecule has 10 heteroatoms. The molecule has 0 saturated carbocycles. The first-order chi connectivity index (χ1) is 8.97. The predicted octanol–water partition coefficient (Wildman–Crippen LogP) is -3.50. The van der Waals surface area contributed by atoms with E-state index in [-0.39, 0.29) is 108 Å². The normalized spacial score (nSPS) is 9.19. The SMILES string of the molecule is CC(=O)Nc1cc(C(=O)[O-])cc(-n2cnnc2[S-])c1.[Au+].[Cs+]. The monoisotopic (exact) mass is 606 g/mol. The first kappa shape index (κ1) is 21.3. The van der Waals surface area contributed by atoms with Crippen molar-refractivity contribution in [2.45, 2.75) is 12.1 Å². The maximum Gasteiger partial charge on any atom is 1.00 e. The summed E-state index contributed by atoms with van der Waals surface area (Å²) >= 11 is 4.95. The van der Waals surface area contributed by atoms with Crippen LogP contribution in [-0.4, -0.2) is 26.6 Å². The molecule has 0 aliphatic heterocycles. The van der Waals surface area contributed by atoms with Gasteiger partial charge in [-0.2, -0.15) is 5.10 Å². The number of rotatable bonds is 3. The molecule has 0 aliphatic carbocycles. The van der Waals surface area contributed by atoms with Crippen molar-refractivity contribution in [3.05, 3.63) is 30.1 Å². The first-order valence-corrected chi connectivity index (χ1v) is 5.59. The van der Waals surface area contributed by atoms with Crippen molar-refractivity contribution in [2.75, 3.05) is 5.32 Å². The van der Waals surface area contributed by atoms with Crippen LogP contribution in [0.1, 0.15) is 17.3 Å². The van der Waals surface area contributed by atoms with Crippen molar-refractivity contribution in [3.63, 3.8) is 0 Å². The van der Waals surface area contributed by atoms with Crippen LogP contribution in [-0.2, 0) is 39.8 Å². The third-order valence-electron chi connectivity index (χ3n) is 2.27. The molecule has 0 spiro atoms. The molecule has 0 fully saturated rings. The van der Waals surface area contributed by atoms with Gasteiger partial charge in [0.1, 0.15) is 6.33 Å². The van der Waals surface area contributed by atoms with Gasteiger partial charge in [0.05, 0.1) is 5.97 Å². The molecule has 0 bridgehead atoms. The maximum atomic E-state index is 11.0. The van der Waals surface area contributed by atoms with Crippen molar-refractivity contribution in [3.8, 4) is 5.69 Å². The minimum atomic E-state index is -1.35. The van der Waals surface area contributed by atoms with Crippen LogP contribution in [0.3, 0.4) is 0 Å². The summed E-state index contributed by atoms with van der Waals surface area (Å²) in [6.07, 6.45) is 1.36. The van der Waals surface area contributed by atoms with Crippen molar-refractivity contribution in [1.29, 1.82) is 0 Å². The van der Waals surface area contributed by atoms with Gasteiger partial charge < -0.3 is 32.4 Å². The number of benzene rings is 1. The average molecular weight is 606 g/mol. The number of carbonyl (C=O) groups excluding carboxylic acids is 2. The molecule has 0 unspecified atom stereocenters. The van der Waals surface area contributed by atoms with E-state index in [9.17, 15) is 14.7 Å². The van der Waals surface area contributed by atoms with Gasteiger partial charge in [-0.3, -0.25) is 4.79 Å². The predicted molar refractivity (Wildman–Crippen MR) is 65.6 cm³/mol. The number of nitrogens with zero attached hydrogens (tertiary/aromatic N) is 3. The van der Waals surface area contributed by atoms with Crippen molar-refractivity contribution in [1.82, 2.24) is 14.8 Å². The van der Waals surface area contributed by atoms with E-state index in [2.05, 4.69) is 15.5 Å². The number of aromatic nitrogens is 3. The Bertz CT molecular complexity index is 665. The Balaban J connectivity index is 0.00000200. The smallest absolute Gasteiger partial charge is 0.740 e. The molecule has 2 rings (SSSR count). The summed E-state index contributed by atoms with van der Waals surface area (Å²) in [6, 6.07) is 4.22. The van der Waals surface area contributed by atoms with E-state index in [0.29, 0.717) is 11.4 Å². The van der Waals surface area contributed by atoms with Gasteiger partial charge in [-0.25, -0.2) is 0 Å². The average Bonchev–Trinajstić information content (AvgIpc) is 2.74. The van der Waals surface area contributed by atoms with E-state index in [4.69, 9.17) is 12.6 Å². The summed E-state index contributed by atoms with van der Waals surface area (Å²) in [4.78, 5) is 22.0. The molecule has 0 radical (unpaired) electrons. The van der Waals surface area contributed by atoms with Crippen LogP contribution in [0.2, 0.25) is 0 Å². The van der Waals surface area contributed by atoms with Gasteiger partial charge in [0.15, 0.2) is 0 Å². The fourth-order valence-corrected chi connectivity index (χ4v) is 1.74. The van der Waals surface area contributed by atoms with Crippen LogP contribution in [0.5, 0.6) is 0 Å². The molecule has 21 heavy (non-hydrogen) atoms. The number of carboxylic acids is 1. The molecule has 1 heterocycles. The van der Waals surface area contributed by atoms with E-state index in [1.165, 1.54) is 30.0 Å². The first-order valence-electron chi connectivity index (χ1n) is 5.19. The van der Waals surface area contributed by atoms with E-state index in [1.54, 1.807) is 6.07 Å². The molecule has 1 aromatic carbocycles. The molecular weight excluding hydrogens is 598 g/mol. The Labute approximate surface area is 200 Å². The quantitative estimate of drug-likeness (QED) is 0.288. The Morgan fingerprint density at radius 2 is 2.00 bits per heavy atom. The van der Waals surface area contributed by atoms with E-state index >= 15 is 0 Å². The summed E-state index contributed by atoms with van der Waals surface area (Å²) in [5, 5.41) is 20.9. The Morgan fingerprint density at radius 1 is 1.33 bits per heavy atom. The number of aromatic carboxylic acids is 1. The summed E-state index contributed by atoms with van der Waals surface area (Å²) in [5.74, 6) is -1.67. The molecule has 0 atom stereocenters. The number of hydrogen-bond acceptors (Lipinski definition) is 6. The molecule has 2 aromatic rings. The van der Waals surface area contributed by atoms with Crippen LogP contribution < -0.4 is 79.3 Å². The molecule has 108 valence electrons. The van der Waals surface area contributed by atoms with Crippen LogP contribution in [0.4, 0.5) is 5.69 Å². The Hall–Kier alpha value is 0.312. The van der Waals surface area contributed by atoms with Crippen LogP contribution >= 0.6 is 0 Å². The zero-order chi connectivity index (χ0) is 14.0. The van der Waals surface area contributed by atoms with Gasteiger partial charge >= 0.3 is 91.3 Å². The van der Waals surface area contributed by atoms with E-state index < -0.39 is 5.97 Å². The second-order valence-electron chi connectivity index (χ2n) is 3.72. The van der Waals surface area contributed by atoms with Crippen LogP contribution in [0.25, 0.3) is 5.69 Å². The molecular formula is C11H8AuCsN4O3S. The second-order valence-corrected chi connectivity index (χ2v) is 4.09. The van der Waals surface area contributed by atoms with Gasteiger partial charge in [0.2, 0.25) is 5.91 Å². The number of carboxylic acid groups (broad SMARTS) is 1. The fraction of sp³-hybridized carbons (Fsp3) is 0.0909. The van der Waals surface area contributed by atoms with E-state index in [1.807, 2.05) is 0 Å². The maximum absolute atomic E-state index is 11.0. The Morgan fingerprint density at radius 3 is 2.48 bits per heavy atom. The Kier molecular flexibility index (Phi) is 9.59. The van der Waals surface area contributed by atoms with Gasteiger partial charge in [0, 0.05) is 29.0 Å². The van der Waals surface area contributed by atoms with Crippen LogP contribution in [0.15, 0.2) is 29.7 Å². The zero-order valence-corrected chi connectivity index (χ0v) is 20.3. The number of amides is 1. The standard InChI is InChI=1S/C11H10N4O3S.Au.Cs/c1-6(16)13-8-2-7(10(17)18)3-9(4-8)15-5-12-14-11(15)19;;/h2-5H,1H3,(H,13,16)(H,14,19)(H,17,18);;/q;2*+1/p-2. The third-order valence-corrected chi connectivity index (χ3v) is 2.55. The van der Waals surface area contributed by atoms with E-state index in [0.717, 1.165) is 0 Å². The third kappa shape index (κ3) is 5.79. The molecule has 1 N–H and O–H groups in total. The molecule has 0 saturated heterocycles.